The van der Waals surface area contributed by atoms with E-state index in [1.165, 1.54) is 0 Å². The minimum Gasteiger partial charge on any atom is -0.488 e. The second kappa shape index (κ2) is 11.5. The molecule has 0 spiro atoms. The molecule has 0 unspecified atom stereocenters. The van der Waals surface area contributed by atoms with Gasteiger partial charge in [-0.25, -0.2) is 8.78 Å². The van der Waals surface area contributed by atoms with Crippen molar-refractivity contribution in [2.45, 2.75) is 52.7 Å². The summed E-state index contributed by atoms with van der Waals surface area (Å²) in [6, 6.07) is 26.8. The van der Waals surface area contributed by atoms with E-state index in [1.807, 2.05) is 86.6 Å². The summed E-state index contributed by atoms with van der Waals surface area (Å²) in [5.74, 6) is -1.97. The first kappa shape index (κ1) is 27.4. The molecule has 0 radical (unpaired) electrons. The Kier molecular flexibility index (Phi) is 7.88. The number of rotatable bonds is 10. The van der Waals surface area contributed by atoms with Crippen molar-refractivity contribution in [2.24, 2.45) is 0 Å². The first-order valence-electron chi connectivity index (χ1n) is 13.5. The quantitative estimate of drug-likeness (QED) is 0.205. The largest absolute Gasteiger partial charge is 0.488 e. The normalized spacial score (nSPS) is 12.9. The van der Waals surface area contributed by atoms with Crippen LogP contribution in [0, 0.1) is 6.92 Å². The number of fused-ring (bicyclic) bond motifs is 1. The number of carbonyl (C=O) groups is 1. The number of aryl methyl sites for hydroxylation is 1. The molecule has 40 heavy (non-hydrogen) atoms. The van der Waals surface area contributed by atoms with Crippen LogP contribution in [0.5, 0.6) is 11.5 Å². The van der Waals surface area contributed by atoms with Gasteiger partial charge in [-0.1, -0.05) is 66.7 Å². The van der Waals surface area contributed by atoms with Crippen molar-refractivity contribution in [3.63, 3.8) is 0 Å². The Hall–Kier alpha value is -4.19. The monoisotopic (exact) mass is 541 g/mol. The second-order valence-electron chi connectivity index (χ2n) is 10.3. The molecule has 0 aliphatic carbocycles. The summed E-state index contributed by atoms with van der Waals surface area (Å²) >= 11 is 0. The van der Waals surface area contributed by atoms with Crippen LogP contribution in [0.2, 0.25) is 0 Å². The van der Waals surface area contributed by atoms with E-state index in [4.69, 9.17) is 9.47 Å². The molecule has 0 saturated heterocycles. The number of alkyl halides is 2. The number of anilines is 1. The molecule has 1 amide bonds. The van der Waals surface area contributed by atoms with Gasteiger partial charge in [0.05, 0.1) is 12.0 Å². The van der Waals surface area contributed by atoms with Crippen LogP contribution in [0.25, 0.3) is 11.1 Å². The van der Waals surface area contributed by atoms with E-state index in [0.717, 1.165) is 40.4 Å². The van der Waals surface area contributed by atoms with E-state index in [-0.39, 0.29) is 25.5 Å². The number of hydrogen-bond donors (Lipinski definition) is 0. The number of nitrogens with zero attached hydrogens (tertiary/aromatic N) is 1. The molecule has 0 atom stereocenters. The maximum atomic E-state index is 14.2. The average Bonchev–Trinajstić information content (AvgIpc) is 3.26. The number of benzene rings is 4. The fourth-order valence-electron chi connectivity index (χ4n) is 5.31. The van der Waals surface area contributed by atoms with Gasteiger partial charge >= 0.3 is 0 Å². The molecule has 1 aliphatic rings. The zero-order valence-electron chi connectivity index (χ0n) is 23.0. The lowest BCUT2D eigenvalue weighted by atomic mass is 9.90. The van der Waals surface area contributed by atoms with Crippen molar-refractivity contribution in [1.29, 1.82) is 0 Å². The molecule has 0 aromatic heterocycles. The van der Waals surface area contributed by atoms with Crippen LogP contribution >= 0.6 is 0 Å². The SMILES string of the molecule is CCN1C(=O)Cc2c1ccc(C)c2-c1c(OCc2ccccc2)cc(CC(C)(F)F)cc1OCc1ccccc1. The van der Waals surface area contributed by atoms with Crippen molar-refractivity contribution >= 4 is 11.6 Å². The van der Waals surface area contributed by atoms with Gasteiger partial charge in [0.2, 0.25) is 11.8 Å². The van der Waals surface area contributed by atoms with Gasteiger partial charge in [-0.3, -0.25) is 4.79 Å². The van der Waals surface area contributed by atoms with E-state index < -0.39 is 12.3 Å². The van der Waals surface area contributed by atoms with Gasteiger partial charge < -0.3 is 14.4 Å². The topological polar surface area (TPSA) is 38.8 Å². The first-order chi connectivity index (χ1) is 19.2. The number of likely N-dealkylation sites (N-methyl/N-ethyl adjacent to an activating group) is 1. The zero-order chi connectivity index (χ0) is 28.3. The summed E-state index contributed by atoms with van der Waals surface area (Å²) in [5, 5.41) is 0. The Morgan fingerprint density at radius 3 is 1.85 bits per heavy atom. The van der Waals surface area contributed by atoms with Crippen molar-refractivity contribution in [1.82, 2.24) is 0 Å². The van der Waals surface area contributed by atoms with Crippen LogP contribution in [-0.2, 0) is 30.8 Å². The Balaban J connectivity index is 1.69. The van der Waals surface area contributed by atoms with E-state index in [0.29, 0.717) is 29.2 Å². The van der Waals surface area contributed by atoms with Crippen LogP contribution in [0.1, 0.15) is 41.7 Å². The average molecular weight is 542 g/mol. The predicted molar refractivity (Wildman–Crippen MR) is 154 cm³/mol. The highest BCUT2D eigenvalue weighted by Crippen LogP contribution is 2.48. The number of hydrogen-bond acceptors (Lipinski definition) is 3. The van der Waals surface area contributed by atoms with Crippen LogP contribution in [0.15, 0.2) is 84.9 Å². The van der Waals surface area contributed by atoms with Crippen molar-refractivity contribution in [3.05, 3.63) is 113 Å². The fraction of sp³-hybridized carbons (Fsp3) is 0.265. The first-order valence-corrected chi connectivity index (χ1v) is 13.5. The lowest BCUT2D eigenvalue weighted by Crippen LogP contribution is -2.25. The minimum absolute atomic E-state index is 0.0325. The maximum Gasteiger partial charge on any atom is 0.249 e. The Bertz CT molecular complexity index is 1430. The Morgan fingerprint density at radius 2 is 1.35 bits per heavy atom. The maximum absolute atomic E-state index is 14.2. The summed E-state index contributed by atoms with van der Waals surface area (Å²) in [6.45, 7) is 5.93. The highest BCUT2D eigenvalue weighted by atomic mass is 19.3. The van der Waals surface area contributed by atoms with Crippen molar-refractivity contribution in [2.75, 3.05) is 11.4 Å². The molecule has 5 rings (SSSR count). The standard InChI is InChI=1S/C34H33F2NO3/c1-4-37-28-16-15-23(2)32(27(28)19-31(37)38)33-29(39-21-24-11-7-5-8-12-24)17-26(20-34(3,35)36)18-30(33)40-22-25-13-9-6-10-14-25/h5-18H,4,19-22H2,1-3H3. The molecule has 6 heteroatoms. The molecule has 0 fully saturated rings. The third-order valence-corrected chi connectivity index (χ3v) is 7.10. The fourth-order valence-corrected chi connectivity index (χ4v) is 5.31. The smallest absolute Gasteiger partial charge is 0.249 e. The molecule has 1 heterocycles. The molecule has 0 saturated carbocycles. The van der Waals surface area contributed by atoms with Crippen LogP contribution < -0.4 is 14.4 Å². The number of carbonyl (C=O) groups excluding carboxylic acids is 1. The van der Waals surface area contributed by atoms with Gasteiger partial charge in [0, 0.05) is 18.7 Å². The predicted octanol–water partition coefficient (Wildman–Crippen LogP) is 7.93. The van der Waals surface area contributed by atoms with E-state index in [1.54, 1.807) is 17.0 Å². The molecular formula is C34H33F2NO3. The highest BCUT2D eigenvalue weighted by Gasteiger charge is 2.32. The Morgan fingerprint density at radius 1 is 0.800 bits per heavy atom. The second-order valence-corrected chi connectivity index (χ2v) is 10.3. The van der Waals surface area contributed by atoms with Gasteiger partial charge in [0.1, 0.15) is 24.7 Å². The minimum atomic E-state index is -2.91. The summed E-state index contributed by atoms with van der Waals surface area (Å²) in [6.07, 6.45) is -0.199. The lowest BCUT2D eigenvalue weighted by molar-refractivity contribution is -0.117. The summed E-state index contributed by atoms with van der Waals surface area (Å²) < 4.78 is 41.3. The molecule has 0 N–H and O–H groups in total. The van der Waals surface area contributed by atoms with Gasteiger partial charge in [0.25, 0.3) is 0 Å². The molecule has 4 aromatic carbocycles. The van der Waals surface area contributed by atoms with Crippen molar-refractivity contribution < 1.29 is 23.0 Å². The lowest BCUT2D eigenvalue weighted by Gasteiger charge is -2.23. The third kappa shape index (κ3) is 6.01. The molecular weight excluding hydrogens is 508 g/mol. The molecule has 206 valence electrons. The summed E-state index contributed by atoms with van der Waals surface area (Å²) in [5.41, 5.74) is 6.56. The number of ether oxygens (including phenoxy) is 2. The van der Waals surface area contributed by atoms with Crippen LogP contribution in [0.3, 0.4) is 0 Å². The van der Waals surface area contributed by atoms with Gasteiger partial charge in [0.15, 0.2) is 0 Å². The third-order valence-electron chi connectivity index (χ3n) is 7.10. The number of amides is 1. The Labute approximate surface area is 234 Å². The molecule has 1 aliphatic heterocycles. The van der Waals surface area contributed by atoms with Crippen molar-refractivity contribution in [3.8, 4) is 22.6 Å². The highest BCUT2D eigenvalue weighted by molar-refractivity contribution is 6.05. The molecule has 4 nitrogen and oxygen atoms in total. The van der Waals surface area contributed by atoms with Gasteiger partial charge in [-0.05, 0) is 72.4 Å². The summed E-state index contributed by atoms with van der Waals surface area (Å²) in [4.78, 5) is 14.7. The number of halogens is 2. The summed E-state index contributed by atoms with van der Waals surface area (Å²) in [7, 11) is 0. The van der Waals surface area contributed by atoms with E-state index in [9.17, 15) is 13.6 Å². The van der Waals surface area contributed by atoms with E-state index >= 15 is 0 Å². The molecule has 0 bridgehead atoms. The zero-order valence-corrected chi connectivity index (χ0v) is 23.0. The van der Waals surface area contributed by atoms with Gasteiger partial charge in [-0.2, -0.15) is 0 Å². The van der Waals surface area contributed by atoms with Crippen LogP contribution in [-0.4, -0.2) is 18.4 Å². The molecule has 4 aromatic rings. The van der Waals surface area contributed by atoms with Crippen LogP contribution in [0.4, 0.5) is 14.5 Å². The van der Waals surface area contributed by atoms with E-state index in [2.05, 4.69) is 0 Å². The van der Waals surface area contributed by atoms with Gasteiger partial charge in [-0.15, -0.1) is 0 Å².